The van der Waals surface area contributed by atoms with Crippen molar-refractivity contribution >= 4 is 17.6 Å². The first-order chi connectivity index (χ1) is 16.4. The maximum absolute atomic E-state index is 12.0. The van der Waals surface area contributed by atoms with Crippen molar-refractivity contribution in [3.63, 3.8) is 0 Å². The van der Waals surface area contributed by atoms with Crippen LogP contribution in [-0.4, -0.2) is 34.9 Å². The molecule has 1 fully saturated rings. The van der Waals surface area contributed by atoms with Crippen LogP contribution >= 0.6 is 11.6 Å². The van der Waals surface area contributed by atoms with E-state index in [0.717, 1.165) is 29.7 Å². The smallest absolute Gasteiger partial charge is 0.327 e. The molecule has 0 amide bonds. The van der Waals surface area contributed by atoms with Gasteiger partial charge in [0.05, 0.1) is 23.1 Å². The number of aromatic nitrogens is 2. The molecule has 2 unspecified atom stereocenters. The quantitative estimate of drug-likeness (QED) is 0.399. The summed E-state index contributed by atoms with van der Waals surface area (Å²) in [6, 6.07) is 12.9. The van der Waals surface area contributed by atoms with E-state index in [9.17, 15) is 4.79 Å². The van der Waals surface area contributed by atoms with Crippen molar-refractivity contribution in [1.29, 1.82) is 0 Å². The van der Waals surface area contributed by atoms with Gasteiger partial charge in [0, 0.05) is 17.7 Å². The fraction of sp³-hybridized carbons (Fsp3) is 0.400. The number of hydrogen-bond donors (Lipinski definition) is 1. The Morgan fingerprint density at radius 2 is 1.94 bits per heavy atom. The molecule has 1 aromatic heterocycles. The Bertz CT molecular complexity index is 1120. The second-order valence-electron chi connectivity index (χ2n) is 8.43. The SMILES string of the molecule is CCNOC(=O)C1CCC(Oc2ccc(-c3nc(-c4ccc(OC(C)C)c(Cl)c4)no3)cc2)C1. The average molecular weight is 486 g/mol. The Morgan fingerprint density at radius 3 is 2.65 bits per heavy atom. The highest BCUT2D eigenvalue weighted by Gasteiger charge is 2.32. The van der Waals surface area contributed by atoms with Crippen LogP contribution in [0.2, 0.25) is 5.02 Å². The highest BCUT2D eigenvalue weighted by Crippen LogP contribution is 2.33. The molecule has 1 heterocycles. The maximum Gasteiger partial charge on any atom is 0.327 e. The molecular weight excluding hydrogens is 458 g/mol. The van der Waals surface area contributed by atoms with Gasteiger partial charge >= 0.3 is 5.97 Å². The molecule has 1 aliphatic rings. The molecule has 2 atom stereocenters. The fourth-order valence-corrected chi connectivity index (χ4v) is 4.03. The van der Waals surface area contributed by atoms with Gasteiger partial charge in [-0.2, -0.15) is 10.5 Å². The van der Waals surface area contributed by atoms with Crippen LogP contribution in [0.25, 0.3) is 22.8 Å². The number of halogens is 1. The first kappa shape index (κ1) is 24.0. The monoisotopic (exact) mass is 485 g/mol. The van der Waals surface area contributed by atoms with E-state index < -0.39 is 0 Å². The number of hydroxylamine groups is 1. The summed E-state index contributed by atoms with van der Waals surface area (Å²) >= 11 is 6.33. The van der Waals surface area contributed by atoms with Crippen molar-refractivity contribution in [2.75, 3.05) is 6.54 Å². The number of ether oxygens (including phenoxy) is 2. The molecule has 4 rings (SSSR count). The highest BCUT2D eigenvalue weighted by molar-refractivity contribution is 6.32. The molecule has 0 bridgehead atoms. The summed E-state index contributed by atoms with van der Waals surface area (Å²) in [4.78, 5) is 21.5. The summed E-state index contributed by atoms with van der Waals surface area (Å²) in [7, 11) is 0. The third-order valence-corrected chi connectivity index (χ3v) is 5.71. The van der Waals surface area contributed by atoms with Crippen molar-refractivity contribution in [3.8, 4) is 34.3 Å². The zero-order valence-corrected chi connectivity index (χ0v) is 20.2. The van der Waals surface area contributed by atoms with E-state index in [1.54, 1.807) is 12.1 Å². The standard InChI is InChI=1S/C25H28ClN3O5/c1-4-27-34-25(30)18-7-11-20(13-18)32-19-9-5-16(6-10-19)24-28-23(29-33-24)17-8-12-22(21(26)14-17)31-15(2)3/h5-6,8-10,12,14-15,18,20,27H,4,7,11,13H2,1-3H3. The predicted molar refractivity (Wildman–Crippen MR) is 127 cm³/mol. The van der Waals surface area contributed by atoms with Crippen molar-refractivity contribution in [2.24, 2.45) is 5.92 Å². The van der Waals surface area contributed by atoms with Gasteiger partial charge in [-0.15, -0.1) is 0 Å². The number of nitrogens with one attached hydrogen (secondary N) is 1. The summed E-state index contributed by atoms with van der Waals surface area (Å²) in [5, 5.41) is 4.57. The van der Waals surface area contributed by atoms with Crippen LogP contribution < -0.4 is 15.0 Å². The highest BCUT2D eigenvalue weighted by atomic mass is 35.5. The molecule has 1 aliphatic carbocycles. The second kappa shape index (κ2) is 10.9. The molecule has 0 aliphatic heterocycles. The van der Waals surface area contributed by atoms with E-state index >= 15 is 0 Å². The minimum Gasteiger partial charge on any atom is -0.490 e. The van der Waals surface area contributed by atoms with Gasteiger partial charge in [0.1, 0.15) is 11.5 Å². The van der Waals surface area contributed by atoms with Gasteiger partial charge in [-0.05, 0) is 82.5 Å². The summed E-state index contributed by atoms with van der Waals surface area (Å²) in [5.41, 5.74) is 4.12. The third kappa shape index (κ3) is 5.87. The molecule has 9 heteroatoms. The van der Waals surface area contributed by atoms with Crippen LogP contribution in [-0.2, 0) is 9.63 Å². The molecule has 1 N–H and O–H groups in total. The molecule has 0 radical (unpaired) electrons. The third-order valence-electron chi connectivity index (χ3n) is 5.42. The van der Waals surface area contributed by atoms with Crippen molar-refractivity contribution in [2.45, 2.75) is 52.2 Å². The fourth-order valence-electron chi connectivity index (χ4n) is 3.80. The molecule has 0 spiro atoms. The van der Waals surface area contributed by atoms with E-state index in [0.29, 0.717) is 35.5 Å². The van der Waals surface area contributed by atoms with Gasteiger partial charge in [0.25, 0.3) is 5.89 Å². The van der Waals surface area contributed by atoms with Crippen LogP contribution in [0.5, 0.6) is 11.5 Å². The summed E-state index contributed by atoms with van der Waals surface area (Å²) in [6.45, 7) is 6.35. The summed E-state index contributed by atoms with van der Waals surface area (Å²) in [6.07, 6.45) is 2.22. The van der Waals surface area contributed by atoms with Crippen molar-refractivity contribution in [1.82, 2.24) is 15.6 Å². The van der Waals surface area contributed by atoms with Crippen LogP contribution in [0.3, 0.4) is 0 Å². The Labute approximate surface area is 203 Å². The first-order valence-corrected chi connectivity index (χ1v) is 11.8. The first-order valence-electron chi connectivity index (χ1n) is 11.4. The number of rotatable bonds is 9. The van der Waals surface area contributed by atoms with Crippen molar-refractivity contribution in [3.05, 3.63) is 47.5 Å². The van der Waals surface area contributed by atoms with E-state index in [2.05, 4.69) is 15.6 Å². The zero-order valence-electron chi connectivity index (χ0n) is 19.4. The van der Waals surface area contributed by atoms with E-state index in [1.807, 2.05) is 51.1 Å². The molecule has 180 valence electrons. The largest absolute Gasteiger partial charge is 0.490 e. The van der Waals surface area contributed by atoms with Gasteiger partial charge < -0.3 is 18.8 Å². The minimum absolute atomic E-state index is 0.0209. The van der Waals surface area contributed by atoms with E-state index in [1.165, 1.54) is 0 Å². The predicted octanol–water partition coefficient (Wildman–Crippen LogP) is 5.46. The van der Waals surface area contributed by atoms with Crippen LogP contribution in [0.15, 0.2) is 47.0 Å². The van der Waals surface area contributed by atoms with Crippen LogP contribution in [0.1, 0.15) is 40.0 Å². The molecule has 3 aromatic rings. The molecule has 34 heavy (non-hydrogen) atoms. The molecular formula is C25H28ClN3O5. The molecule has 2 aromatic carbocycles. The van der Waals surface area contributed by atoms with Gasteiger partial charge in [-0.3, -0.25) is 4.79 Å². The Hall–Kier alpha value is -3.10. The summed E-state index contributed by atoms with van der Waals surface area (Å²) in [5.74, 6) is 1.81. The number of nitrogens with zero attached hydrogens (tertiary/aromatic N) is 2. The van der Waals surface area contributed by atoms with Gasteiger partial charge in [-0.25, -0.2) is 0 Å². The average Bonchev–Trinajstić information content (AvgIpc) is 3.49. The summed E-state index contributed by atoms with van der Waals surface area (Å²) < 4.78 is 17.2. The van der Waals surface area contributed by atoms with Crippen LogP contribution in [0, 0.1) is 5.92 Å². The van der Waals surface area contributed by atoms with E-state index in [4.69, 9.17) is 30.4 Å². The lowest BCUT2D eigenvalue weighted by Gasteiger charge is -2.14. The minimum atomic E-state index is -0.223. The lowest BCUT2D eigenvalue weighted by atomic mass is 10.1. The Balaban J connectivity index is 1.37. The van der Waals surface area contributed by atoms with Crippen molar-refractivity contribution < 1.29 is 23.6 Å². The lowest BCUT2D eigenvalue weighted by molar-refractivity contribution is -0.155. The Kier molecular flexibility index (Phi) is 7.70. The number of benzene rings is 2. The van der Waals surface area contributed by atoms with Crippen LogP contribution in [0.4, 0.5) is 0 Å². The molecule has 0 saturated heterocycles. The maximum atomic E-state index is 12.0. The number of carbonyl (C=O) groups excluding carboxylic acids is 1. The normalized spacial score (nSPS) is 17.7. The zero-order chi connectivity index (χ0) is 24.1. The lowest BCUT2D eigenvalue weighted by Crippen LogP contribution is -2.25. The molecule has 8 nitrogen and oxygen atoms in total. The second-order valence-corrected chi connectivity index (χ2v) is 8.84. The number of carbonyl (C=O) groups is 1. The number of hydrogen-bond acceptors (Lipinski definition) is 8. The molecule has 1 saturated carbocycles. The topological polar surface area (TPSA) is 95.7 Å². The van der Waals surface area contributed by atoms with Gasteiger partial charge in [0.15, 0.2) is 0 Å². The van der Waals surface area contributed by atoms with Gasteiger partial charge in [0.2, 0.25) is 5.82 Å². The van der Waals surface area contributed by atoms with E-state index in [-0.39, 0.29) is 24.1 Å². The Morgan fingerprint density at radius 1 is 1.18 bits per heavy atom. The van der Waals surface area contributed by atoms with Gasteiger partial charge in [-0.1, -0.05) is 16.8 Å².